The van der Waals surface area contributed by atoms with Gasteiger partial charge >= 0.3 is 5.97 Å². The highest BCUT2D eigenvalue weighted by Crippen LogP contribution is 2.22. The SMILES string of the molecule is COC(=O)c1nc2c(cc1F)NCC2. The summed E-state index contributed by atoms with van der Waals surface area (Å²) in [4.78, 5) is 15.0. The molecular formula is C9H9FN2O2. The van der Waals surface area contributed by atoms with Crippen molar-refractivity contribution in [3.8, 4) is 0 Å². The number of ether oxygens (including phenoxy) is 1. The van der Waals surface area contributed by atoms with Crippen LogP contribution in [-0.2, 0) is 11.2 Å². The van der Waals surface area contributed by atoms with E-state index in [-0.39, 0.29) is 5.69 Å². The van der Waals surface area contributed by atoms with Gasteiger partial charge in [0.15, 0.2) is 11.5 Å². The van der Waals surface area contributed by atoms with Crippen molar-refractivity contribution in [2.45, 2.75) is 6.42 Å². The van der Waals surface area contributed by atoms with Crippen LogP contribution in [0.25, 0.3) is 0 Å². The molecule has 0 bridgehead atoms. The van der Waals surface area contributed by atoms with Crippen LogP contribution in [0.3, 0.4) is 0 Å². The standard InChI is InChI=1S/C9H9FN2O2/c1-14-9(13)8-5(10)4-7-6(12-8)2-3-11-7/h4,11H,2-3H2,1H3. The van der Waals surface area contributed by atoms with Crippen LogP contribution in [0, 0.1) is 5.82 Å². The van der Waals surface area contributed by atoms with Crippen LogP contribution in [0.4, 0.5) is 10.1 Å². The molecule has 0 atom stereocenters. The van der Waals surface area contributed by atoms with Crippen LogP contribution < -0.4 is 5.32 Å². The maximum Gasteiger partial charge on any atom is 0.359 e. The van der Waals surface area contributed by atoms with Crippen LogP contribution in [0.1, 0.15) is 16.2 Å². The summed E-state index contributed by atoms with van der Waals surface area (Å²) >= 11 is 0. The van der Waals surface area contributed by atoms with E-state index in [1.807, 2.05) is 0 Å². The Kier molecular flexibility index (Phi) is 2.07. The number of anilines is 1. The third kappa shape index (κ3) is 1.30. The third-order valence-corrected chi connectivity index (χ3v) is 2.11. The molecule has 4 nitrogen and oxygen atoms in total. The van der Waals surface area contributed by atoms with E-state index in [1.54, 1.807) is 0 Å². The van der Waals surface area contributed by atoms with Crippen LogP contribution >= 0.6 is 0 Å². The van der Waals surface area contributed by atoms with Gasteiger partial charge in [-0.2, -0.15) is 0 Å². The lowest BCUT2D eigenvalue weighted by atomic mass is 10.2. The molecule has 0 radical (unpaired) electrons. The second kappa shape index (κ2) is 3.25. The van der Waals surface area contributed by atoms with Gasteiger partial charge in [0.05, 0.1) is 18.5 Å². The van der Waals surface area contributed by atoms with Gasteiger partial charge in [0, 0.05) is 19.0 Å². The van der Waals surface area contributed by atoms with Gasteiger partial charge in [-0.15, -0.1) is 0 Å². The molecule has 2 heterocycles. The molecule has 1 aliphatic heterocycles. The lowest BCUT2D eigenvalue weighted by molar-refractivity contribution is 0.0588. The van der Waals surface area contributed by atoms with E-state index < -0.39 is 11.8 Å². The number of fused-ring (bicyclic) bond motifs is 1. The van der Waals surface area contributed by atoms with Crippen LogP contribution in [0.5, 0.6) is 0 Å². The molecule has 5 heteroatoms. The van der Waals surface area contributed by atoms with Gasteiger partial charge in [-0.05, 0) is 0 Å². The van der Waals surface area contributed by atoms with Crippen molar-refractivity contribution in [2.24, 2.45) is 0 Å². The van der Waals surface area contributed by atoms with Crippen molar-refractivity contribution in [1.82, 2.24) is 4.98 Å². The fourth-order valence-electron chi connectivity index (χ4n) is 1.43. The number of methoxy groups -OCH3 is 1. The number of hydrogen-bond donors (Lipinski definition) is 1. The number of nitrogens with zero attached hydrogens (tertiary/aromatic N) is 1. The van der Waals surface area contributed by atoms with Crippen molar-refractivity contribution in [1.29, 1.82) is 0 Å². The topological polar surface area (TPSA) is 51.2 Å². The molecule has 0 aliphatic carbocycles. The van der Waals surface area contributed by atoms with E-state index in [0.29, 0.717) is 17.8 Å². The lowest BCUT2D eigenvalue weighted by Crippen LogP contribution is -2.08. The normalized spacial score (nSPS) is 13.3. The van der Waals surface area contributed by atoms with E-state index in [2.05, 4.69) is 15.0 Å². The number of nitrogens with one attached hydrogen (secondary N) is 1. The van der Waals surface area contributed by atoms with Gasteiger partial charge in [-0.25, -0.2) is 14.2 Å². The maximum absolute atomic E-state index is 13.3. The Labute approximate surface area is 80.1 Å². The Morgan fingerprint density at radius 2 is 2.50 bits per heavy atom. The Bertz CT molecular complexity index is 393. The predicted octanol–water partition coefficient (Wildman–Crippen LogP) is 0.975. The number of rotatable bonds is 1. The highest BCUT2D eigenvalue weighted by atomic mass is 19.1. The number of pyridine rings is 1. The fraction of sp³-hybridized carbons (Fsp3) is 0.333. The Hall–Kier alpha value is -1.65. The zero-order valence-corrected chi connectivity index (χ0v) is 7.63. The first-order valence-corrected chi connectivity index (χ1v) is 4.24. The van der Waals surface area contributed by atoms with Gasteiger partial charge in [0.2, 0.25) is 0 Å². The highest BCUT2D eigenvalue weighted by Gasteiger charge is 2.20. The molecule has 0 unspecified atom stereocenters. The third-order valence-electron chi connectivity index (χ3n) is 2.11. The first-order valence-electron chi connectivity index (χ1n) is 4.24. The predicted molar refractivity (Wildman–Crippen MR) is 47.7 cm³/mol. The quantitative estimate of drug-likeness (QED) is 0.680. The molecule has 0 aromatic carbocycles. The minimum absolute atomic E-state index is 0.241. The summed E-state index contributed by atoms with van der Waals surface area (Å²) in [5.74, 6) is -1.39. The molecule has 1 aromatic rings. The zero-order valence-electron chi connectivity index (χ0n) is 7.63. The molecule has 0 fully saturated rings. The van der Waals surface area contributed by atoms with Crippen molar-refractivity contribution < 1.29 is 13.9 Å². The van der Waals surface area contributed by atoms with Crippen LogP contribution in [0.2, 0.25) is 0 Å². The van der Waals surface area contributed by atoms with Crippen LogP contribution in [0.15, 0.2) is 6.07 Å². The number of aromatic nitrogens is 1. The molecule has 1 aromatic heterocycles. The van der Waals surface area contributed by atoms with Gasteiger partial charge < -0.3 is 10.1 Å². The number of halogens is 1. The van der Waals surface area contributed by atoms with Crippen LogP contribution in [-0.4, -0.2) is 24.6 Å². The van der Waals surface area contributed by atoms with E-state index in [9.17, 15) is 9.18 Å². The monoisotopic (exact) mass is 196 g/mol. The lowest BCUT2D eigenvalue weighted by Gasteiger charge is -2.03. The Morgan fingerprint density at radius 3 is 3.21 bits per heavy atom. The molecule has 14 heavy (non-hydrogen) atoms. The van der Waals surface area contributed by atoms with Crippen molar-refractivity contribution >= 4 is 11.7 Å². The second-order valence-corrected chi connectivity index (χ2v) is 2.98. The molecule has 0 saturated carbocycles. The van der Waals surface area contributed by atoms with Crippen molar-refractivity contribution in [3.05, 3.63) is 23.3 Å². The maximum atomic E-state index is 13.3. The van der Waals surface area contributed by atoms with Crippen molar-refractivity contribution in [2.75, 3.05) is 19.0 Å². The molecule has 1 aliphatic rings. The number of hydrogen-bond acceptors (Lipinski definition) is 4. The molecule has 2 rings (SSSR count). The molecule has 74 valence electrons. The van der Waals surface area contributed by atoms with Crippen molar-refractivity contribution in [3.63, 3.8) is 0 Å². The van der Waals surface area contributed by atoms with Gasteiger partial charge in [-0.3, -0.25) is 0 Å². The van der Waals surface area contributed by atoms with Gasteiger partial charge in [0.1, 0.15) is 0 Å². The Morgan fingerprint density at radius 1 is 1.71 bits per heavy atom. The van der Waals surface area contributed by atoms with E-state index in [0.717, 1.165) is 6.54 Å². The average molecular weight is 196 g/mol. The minimum atomic E-state index is -0.739. The summed E-state index contributed by atoms with van der Waals surface area (Å²) in [6.07, 6.45) is 0.708. The molecule has 0 spiro atoms. The summed E-state index contributed by atoms with van der Waals surface area (Å²) in [6, 6.07) is 1.28. The Balaban J connectivity index is 2.47. The summed E-state index contributed by atoms with van der Waals surface area (Å²) in [6.45, 7) is 0.729. The molecule has 0 amide bonds. The largest absolute Gasteiger partial charge is 0.464 e. The number of carbonyl (C=O) groups excluding carboxylic acids is 1. The molecule has 1 N–H and O–H groups in total. The first-order chi connectivity index (χ1) is 6.72. The smallest absolute Gasteiger partial charge is 0.359 e. The van der Waals surface area contributed by atoms with E-state index in [4.69, 9.17) is 0 Å². The summed E-state index contributed by atoms with van der Waals surface area (Å²) in [5, 5.41) is 2.97. The summed E-state index contributed by atoms with van der Waals surface area (Å²) < 4.78 is 17.7. The highest BCUT2D eigenvalue weighted by molar-refractivity contribution is 5.88. The summed E-state index contributed by atoms with van der Waals surface area (Å²) in [5.41, 5.74) is 1.14. The number of esters is 1. The molecule has 0 saturated heterocycles. The second-order valence-electron chi connectivity index (χ2n) is 2.98. The zero-order chi connectivity index (χ0) is 10.1. The van der Waals surface area contributed by atoms with E-state index in [1.165, 1.54) is 13.2 Å². The number of carbonyl (C=O) groups is 1. The van der Waals surface area contributed by atoms with Gasteiger partial charge in [-0.1, -0.05) is 0 Å². The van der Waals surface area contributed by atoms with E-state index >= 15 is 0 Å². The minimum Gasteiger partial charge on any atom is -0.464 e. The van der Waals surface area contributed by atoms with Gasteiger partial charge in [0.25, 0.3) is 0 Å². The summed E-state index contributed by atoms with van der Waals surface area (Å²) in [7, 11) is 1.20. The first kappa shape index (κ1) is 8.93. The average Bonchev–Trinajstić information content (AvgIpc) is 2.62. The molecular weight excluding hydrogens is 187 g/mol. The fourth-order valence-corrected chi connectivity index (χ4v) is 1.43.